The zero-order valence-electron chi connectivity index (χ0n) is 9.75. The molecule has 1 aromatic carbocycles. The monoisotopic (exact) mass is 301 g/mol. The smallest absolute Gasteiger partial charge is 0.257 e. The number of hydrogen-bond donors (Lipinski definition) is 2. The predicted molar refractivity (Wildman–Crippen MR) is 67.9 cm³/mol. The maximum atomic E-state index is 13.0. The summed E-state index contributed by atoms with van der Waals surface area (Å²) in [5, 5.41) is 2.25. The predicted octanol–water partition coefficient (Wildman–Crippen LogP) is 2.99. The van der Waals surface area contributed by atoms with Crippen LogP contribution in [0.3, 0.4) is 0 Å². The summed E-state index contributed by atoms with van der Waals surface area (Å²) in [7, 11) is 0. The number of halogens is 4. The summed E-state index contributed by atoms with van der Waals surface area (Å²) in [5.41, 5.74) is 5.18. The minimum Gasteiger partial charge on any atom is -0.382 e. The molecule has 1 aromatic heterocycles. The standard InChI is InChI=1S/C12H7ClF3N3O/c13-7-1-5(4-18-11(7)17)12(20)19-6-2-8(14)10(16)9(15)3-6/h1-4H,(H2,17,18)(H,19,20). The lowest BCUT2D eigenvalue weighted by Gasteiger charge is -2.07. The van der Waals surface area contributed by atoms with Crippen molar-refractivity contribution in [1.29, 1.82) is 0 Å². The SMILES string of the molecule is Nc1ncc(C(=O)Nc2cc(F)c(F)c(F)c2)cc1Cl. The molecule has 3 N–H and O–H groups in total. The number of amides is 1. The second-order valence-electron chi connectivity index (χ2n) is 3.80. The number of benzene rings is 1. The number of nitrogens with two attached hydrogens (primary N) is 1. The van der Waals surface area contributed by atoms with E-state index in [2.05, 4.69) is 10.3 Å². The number of rotatable bonds is 2. The molecule has 1 heterocycles. The van der Waals surface area contributed by atoms with Crippen LogP contribution in [0.4, 0.5) is 24.7 Å². The maximum absolute atomic E-state index is 13.0. The minimum atomic E-state index is -1.61. The van der Waals surface area contributed by atoms with Gasteiger partial charge in [-0.2, -0.15) is 0 Å². The molecule has 4 nitrogen and oxygen atoms in total. The Hall–Kier alpha value is -2.28. The highest BCUT2D eigenvalue weighted by atomic mass is 35.5. The zero-order chi connectivity index (χ0) is 14.9. The highest BCUT2D eigenvalue weighted by Gasteiger charge is 2.14. The Bertz CT molecular complexity index is 671. The molecule has 0 bridgehead atoms. The van der Waals surface area contributed by atoms with Crippen molar-refractivity contribution < 1.29 is 18.0 Å². The van der Waals surface area contributed by atoms with Crippen LogP contribution in [0.1, 0.15) is 10.4 Å². The third-order valence-corrected chi connectivity index (χ3v) is 2.68. The first-order chi connectivity index (χ1) is 9.38. The topological polar surface area (TPSA) is 68.0 Å². The minimum absolute atomic E-state index is 0.0364. The average molecular weight is 302 g/mol. The second kappa shape index (κ2) is 5.38. The first kappa shape index (κ1) is 14.1. The van der Waals surface area contributed by atoms with Gasteiger partial charge in [0.05, 0.1) is 10.6 Å². The Morgan fingerprint density at radius 2 is 1.80 bits per heavy atom. The normalized spacial score (nSPS) is 10.4. The van der Waals surface area contributed by atoms with Crippen LogP contribution in [0.5, 0.6) is 0 Å². The quantitative estimate of drug-likeness (QED) is 0.838. The van der Waals surface area contributed by atoms with Crippen LogP contribution in [0.2, 0.25) is 5.02 Å². The summed E-state index contributed by atoms with van der Waals surface area (Å²) in [5.74, 6) is -5.10. The fourth-order valence-electron chi connectivity index (χ4n) is 1.40. The third kappa shape index (κ3) is 2.83. The molecule has 104 valence electrons. The Balaban J connectivity index is 2.25. The number of carbonyl (C=O) groups is 1. The lowest BCUT2D eigenvalue weighted by molar-refractivity contribution is 0.102. The van der Waals surface area contributed by atoms with Crippen molar-refractivity contribution in [1.82, 2.24) is 4.98 Å². The van der Waals surface area contributed by atoms with Crippen LogP contribution in [-0.2, 0) is 0 Å². The molecule has 2 aromatic rings. The number of hydrogen-bond acceptors (Lipinski definition) is 3. The number of carbonyl (C=O) groups excluding carboxylic acids is 1. The van der Waals surface area contributed by atoms with Gasteiger partial charge >= 0.3 is 0 Å². The Morgan fingerprint density at radius 3 is 2.35 bits per heavy atom. The van der Waals surface area contributed by atoms with Crippen molar-refractivity contribution >= 4 is 29.0 Å². The Kier molecular flexibility index (Phi) is 3.80. The maximum Gasteiger partial charge on any atom is 0.257 e. The van der Waals surface area contributed by atoms with E-state index in [1.807, 2.05) is 0 Å². The van der Waals surface area contributed by atoms with Crippen LogP contribution >= 0.6 is 11.6 Å². The summed E-state index contributed by atoms with van der Waals surface area (Å²) in [4.78, 5) is 15.5. The van der Waals surface area contributed by atoms with Crippen molar-refractivity contribution in [2.45, 2.75) is 0 Å². The van der Waals surface area contributed by atoms with Crippen molar-refractivity contribution in [3.05, 3.63) is 52.4 Å². The molecule has 0 aliphatic rings. The van der Waals surface area contributed by atoms with Crippen molar-refractivity contribution in [2.75, 3.05) is 11.1 Å². The second-order valence-corrected chi connectivity index (χ2v) is 4.21. The summed E-state index contributed by atoms with van der Waals surface area (Å²) in [6.07, 6.45) is 1.15. The van der Waals surface area contributed by atoms with Gasteiger partial charge in [-0.05, 0) is 6.07 Å². The number of anilines is 2. The highest BCUT2D eigenvalue weighted by molar-refractivity contribution is 6.33. The van der Waals surface area contributed by atoms with Gasteiger partial charge in [-0.25, -0.2) is 18.2 Å². The van der Waals surface area contributed by atoms with E-state index < -0.39 is 23.4 Å². The molecule has 0 saturated heterocycles. The van der Waals surface area contributed by atoms with E-state index in [1.165, 1.54) is 6.07 Å². The van der Waals surface area contributed by atoms with Crippen molar-refractivity contribution in [3.63, 3.8) is 0 Å². The summed E-state index contributed by atoms with van der Waals surface area (Å²) in [6, 6.07) is 2.56. The molecule has 0 saturated carbocycles. The first-order valence-corrected chi connectivity index (χ1v) is 5.63. The molecule has 0 aliphatic heterocycles. The molecule has 0 aliphatic carbocycles. The molecule has 1 amide bonds. The molecule has 20 heavy (non-hydrogen) atoms. The summed E-state index contributed by atoms with van der Waals surface area (Å²) >= 11 is 5.70. The highest BCUT2D eigenvalue weighted by Crippen LogP contribution is 2.20. The van der Waals surface area contributed by atoms with Crippen molar-refractivity contribution in [3.8, 4) is 0 Å². The van der Waals surface area contributed by atoms with Crippen LogP contribution in [0, 0.1) is 17.5 Å². The number of nitrogen functional groups attached to an aromatic ring is 1. The molecule has 2 rings (SSSR count). The molecule has 0 fully saturated rings. The van der Waals surface area contributed by atoms with E-state index in [-0.39, 0.29) is 22.1 Å². The fraction of sp³-hybridized carbons (Fsp3) is 0. The molecular formula is C12H7ClF3N3O. The Morgan fingerprint density at radius 1 is 1.20 bits per heavy atom. The lowest BCUT2D eigenvalue weighted by Crippen LogP contribution is -2.13. The van der Waals surface area contributed by atoms with Crippen LogP contribution in [0.25, 0.3) is 0 Å². The van der Waals surface area contributed by atoms with Crippen molar-refractivity contribution in [2.24, 2.45) is 0 Å². The van der Waals surface area contributed by atoms with Gasteiger partial charge in [-0.1, -0.05) is 11.6 Å². The van der Waals surface area contributed by atoms with E-state index in [0.717, 1.165) is 6.20 Å². The largest absolute Gasteiger partial charge is 0.382 e. The molecular weight excluding hydrogens is 295 g/mol. The van der Waals surface area contributed by atoms with E-state index in [1.54, 1.807) is 0 Å². The molecule has 0 atom stereocenters. The van der Waals surface area contributed by atoms with Gasteiger partial charge < -0.3 is 11.1 Å². The first-order valence-electron chi connectivity index (χ1n) is 5.25. The molecule has 0 radical (unpaired) electrons. The van der Waals surface area contributed by atoms with Gasteiger partial charge in [-0.3, -0.25) is 4.79 Å². The van der Waals surface area contributed by atoms with Gasteiger partial charge in [0, 0.05) is 24.0 Å². The molecule has 0 unspecified atom stereocenters. The third-order valence-electron chi connectivity index (χ3n) is 2.37. The van der Waals surface area contributed by atoms with E-state index in [4.69, 9.17) is 17.3 Å². The number of nitrogens with zero attached hydrogens (tertiary/aromatic N) is 1. The molecule has 8 heteroatoms. The van der Waals surface area contributed by atoms with Gasteiger partial charge in [-0.15, -0.1) is 0 Å². The van der Waals surface area contributed by atoms with E-state index in [9.17, 15) is 18.0 Å². The van der Waals surface area contributed by atoms with Crippen LogP contribution < -0.4 is 11.1 Å². The average Bonchev–Trinajstić information content (AvgIpc) is 2.39. The van der Waals surface area contributed by atoms with Gasteiger partial charge in [0.2, 0.25) is 0 Å². The number of nitrogens with one attached hydrogen (secondary N) is 1. The summed E-state index contributed by atoms with van der Waals surface area (Å²) < 4.78 is 38.8. The van der Waals surface area contributed by atoms with Crippen LogP contribution in [0.15, 0.2) is 24.4 Å². The van der Waals surface area contributed by atoms with Gasteiger partial charge in [0.1, 0.15) is 5.82 Å². The number of pyridine rings is 1. The fourth-order valence-corrected chi connectivity index (χ4v) is 1.57. The Labute approximate surface area is 116 Å². The van der Waals surface area contributed by atoms with Gasteiger partial charge in [0.15, 0.2) is 17.5 Å². The van der Waals surface area contributed by atoms with Crippen LogP contribution in [-0.4, -0.2) is 10.9 Å². The lowest BCUT2D eigenvalue weighted by atomic mass is 10.2. The van der Waals surface area contributed by atoms with E-state index >= 15 is 0 Å². The van der Waals surface area contributed by atoms with Gasteiger partial charge in [0.25, 0.3) is 5.91 Å². The van der Waals surface area contributed by atoms with E-state index in [0.29, 0.717) is 12.1 Å². The molecule has 0 spiro atoms. The number of aromatic nitrogens is 1. The summed E-state index contributed by atoms with van der Waals surface area (Å²) in [6.45, 7) is 0. The zero-order valence-corrected chi connectivity index (χ0v) is 10.5.